The fourth-order valence-corrected chi connectivity index (χ4v) is 2.70. The molecule has 25 heavy (non-hydrogen) atoms. The summed E-state index contributed by atoms with van der Waals surface area (Å²) in [6.07, 6.45) is -0.0568. The average Bonchev–Trinajstić information content (AvgIpc) is 2.97. The van der Waals surface area contributed by atoms with Crippen molar-refractivity contribution in [3.63, 3.8) is 0 Å². The third-order valence-corrected chi connectivity index (χ3v) is 3.72. The number of furan rings is 1. The average molecular weight is 343 g/mol. The van der Waals surface area contributed by atoms with E-state index in [2.05, 4.69) is 0 Å². The maximum absolute atomic E-state index is 13.2. The lowest BCUT2D eigenvalue weighted by molar-refractivity contribution is -0.400. The number of carbonyl (C=O) groups excluding carboxylic acids is 1. The molecule has 0 bridgehead atoms. The topological polar surface area (TPSA) is 82.6 Å². The molecule has 0 unspecified atom stereocenters. The Balaban J connectivity index is 2.19. The van der Waals surface area contributed by atoms with Crippen LogP contribution in [-0.4, -0.2) is 17.5 Å². The number of benzene rings is 2. The van der Waals surface area contributed by atoms with Crippen molar-refractivity contribution in [1.29, 1.82) is 0 Å². The van der Waals surface area contributed by atoms with Crippen LogP contribution in [0.1, 0.15) is 12.5 Å². The van der Waals surface area contributed by atoms with Crippen molar-refractivity contribution in [3.05, 3.63) is 64.0 Å². The zero-order chi connectivity index (χ0) is 18.0. The highest BCUT2D eigenvalue weighted by Gasteiger charge is 2.27. The zero-order valence-electron chi connectivity index (χ0n) is 13.3. The number of fused-ring (bicyclic) bond motifs is 1. The minimum absolute atomic E-state index is 0.0568. The number of esters is 1. The molecule has 128 valence electrons. The summed E-state index contributed by atoms with van der Waals surface area (Å²) in [5.41, 5.74) is 1.46. The van der Waals surface area contributed by atoms with E-state index in [1.807, 2.05) is 0 Å². The quantitative estimate of drug-likeness (QED) is 0.393. The Morgan fingerprint density at radius 3 is 2.60 bits per heavy atom. The smallest absolute Gasteiger partial charge is 0.442 e. The van der Waals surface area contributed by atoms with Gasteiger partial charge < -0.3 is 9.15 Å². The van der Waals surface area contributed by atoms with E-state index in [1.165, 1.54) is 24.3 Å². The van der Waals surface area contributed by atoms with E-state index in [1.54, 1.807) is 25.1 Å². The van der Waals surface area contributed by atoms with Gasteiger partial charge >= 0.3 is 11.9 Å². The van der Waals surface area contributed by atoms with Gasteiger partial charge in [0.05, 0.1) is 13.0 Å². The van der Waals surface area contributed by atoms with E-state index in [9.17, 15) is 19.3 Å². The van der Waals surface area contributed by atoms with Crippen LogP contribution in [0.3, 0.4) is 0 Å². The summed E-state index contributed by atoms with van der Waals surface area (Å²) in [7, 11) is 0. The van der Waals surface area contributed by atoms with Crippen LogP contribution in [0.2, 0.25) is 0 Å². The van der Waals surface area contributed by atoms with Gasteiger partial charge in [-0.1, -0.05) is 30.3 Å². The van der Waals surface area contributed by atoms with Crippen molar-refractivity contribution in [1.82, 2.24) is 0 Å². The van der Waals surface area contributed by atoms with Gasteiger partial charge in [-0.25, -0.2) is 4.39 Å². The second-order valence-electron chi connectivity index (χ2n) is 5.32. The molecule has 0 saturated heterocycles. The number of hydrogen-bond acceptors (Lipinski definition) is 5. The van der Waals surface area contributed by atoms with Crippen molar-refractivity contribution in [2.24, 2.45) is 0 Å². The Hall–Kier alpha value is -3.22. The van der Waals surface area contributed by atoms with Gasteiger partial charge in [-0.2, -0.15) is 0 Å². The Bertz CT molecular complexity index is 946. The van der Waals surface area contributed by atoms with Crippen LogP contribution in [0.25, 0.3) is 22.1 Å². The molecule has 3 aromatic rings. The van der Waals surface area contributed by atoms with Crippen LogP contribution in [0.15, 0.2) is 46.9 Å². The van der Waals surface area contributed by atoms with Gasteiger partial charge in [0.15, 0.2) is 0 Å². The predicted molar refractivity (Wildman–Crippen MR) is 88.6 cm³/mol. The summed E-state index contributed by atoms with van der Waals surface area (Å²) in [4.78, 5) is 22.5. The molecule has 1 heterocycles. The molecular formula is C18H14FNO5. The molecule has 0 N–H and O–H groups in total. The fourth-order valence-electron chi connectivity index (χ4n) is 2.70. The molecule has 1 aromatic heterocycles. The summed E-state index contributed by atoms with van der Waals surface area (Å²) < 4.78 is 23.5. The predicted octanol–water partition coefficient (Wildman–Crippen LogP) is 4.25. The molecule has 0 aliphatic carbocycles. The molecule has 6 nitrogen and oxygen atoms in total. The first kappa shape index (κ1) is 16.6. The fraction of sp³-hybridized carbons (Fsp3) is 0.167. The Labute approximate surface area is 142 Å². The van der Waals surface area contributed by atoms with Crippen molar-refractivity contribution < 1.29 is 23.3 Å². The van der Waals surface area contributed by atoms with Gasteiger partial charge in [-0.05, 0) is 24.6 Å². The molecule has 0 aliphatic rings. The minimum Gasteiger partial charge on any atom is -0.466 e. The van der Waals surface area contributed by atoms with E-state index >= 15 is 0 Å². The maximum Gasteiger partial charge on any atom is 0.442 e. The minimum atomic E-state index is -0.632. The number of ether oxygens (including phenoxy) is 1. The Kier molecular flexibility index (Phi) is 4.47. The van der Waals surface area contributed by atoms with E-state index in [4.69, 9.17) is 9.15 Å². The standard InChI is InChI=1S/C18H14FNO5/c1-2-24-15(21)10-12-4-3-5-14-16(11-6-8-13(19)9-7-11)18(20(22)23)25-17(12)14/h3-9H,2,10H2,1H3. The highest BCUT2D eigenvalue weighted by molar-refractivity contribution is 6.00. The number of carbonyl (C=O) groups is 1. The number of nitro groups is 1. The van der Waals surface area contributed by atoms with Gasteiger partial charge in [0.1, 0.15) is 21.9 Å². The van der Waals surface area contributed by atoms with E-state index < -0.39 is 22.6 Å². The van der Waals surface area contributed by atoms with Gasteiger partial charge in [-0.3, -0.25) is 14.9 Å². The van der Waals surface area contributed by atoms with Gasteiger partial charge in [0, 0.05) is 10.9 Å². The van der Waals surface area contributed by atoms with Crippen LogP contribution in [0.5, 0.6) is 0 Å². The van der Waals surface area contributed by atoms with Crippen LogP contribution >= 0.6 is 0 Å². The number of rotatable bonds is 5. The summed E-state index contributed by atoms with van der Waals surface area (Å²) in [6.45, 7) is 1.94. The van der Waals surface area contributed by atoms with Crippen LogP contribution in [0, 0.1) is 15.9 Å². The lowest BCUT2D eigenvalue weighted by Gasteiger charge is -2.03. The largest absolute Gasteiger partial charge is 0.466 e. The Morgan fingerprint density at radius 1 is 1.24 bits per heavy atom. The second kappa shape index (κ2) is 6.72. The third kappa shape index (κ3) is 3.21. The molecule has 7 heteroatoms. The molecule has 0 amide bonds. The summed E-state index contributed by atoms with van der Waals surface area (Å²) in [5, 5.41) is 11.9. The lowest BCUT2D eigenvalue weighted by atomic mass is 10.0. The lowest BCUT2D eigenvalue weighted by Crippen LogP contribution is -2.07. The normalized spacial score (nSPS) is 10.8. The second-order valence-corrected chi connectivity index (χ2v) is 5.32. The van der Waals surface area contributed by atoms with Gasteiger partial charge in [0.2, 0.25) is 0 Å². The number of halogens is 1. The van der Waals surface area contributed by atoms with Crippen molar-refractivity contribution in [2.45, 2.75) is 13.3 Å². The van der Waals surface area contributed by atoms with Crippen molar-refractivity contribution >= 4 is 22.8 Å². The third-order valence-electron chi connectivity index (χ3n) is 3.72. The molecule has 0 aliphatic heterocycles. The Morgan fingerprint density at radius 2 is 1.96 bits per heavy atom. The first-order chi connectivity index (χ1) is 12.0. The molecule has 0 saturated carbocycles. The number of hydrogen-bond donors (Lipinski definition) is 0. The summed E-state index contributed by atoms with van der Waals surface area (Å²) >= 11 is 0. The number of para-hydroxylation sites is 1. The van der Waals surface area contributed by atoms with Crippen molar-refractivity contribution in [2.75, 3.05) is 6.61 Å². The first-order valence-electron chi connectivity index (χ1n) is 7.61. The number of nitrogens with zero attached hydrogens (tertiary/aromatic N) is 1. The van der Waals surface area contributed by atoms with E-state index in [0.717, 1.165) is 0 Å². The van der Waals surface area contributed by atoms with Crippen LogP contribution < -0.4 is 0 Å². The summed E-state index contributed by atoms with van der Waals surface area (Å²) in [5.74, 6) is -1.34. The highest BCUT2D eigenvalue weighted by atomic mass is 19.1. The monoisotopic (exact) mass is 343 g/mol. The molecular weight excluding hydrogens is 329 g/mol. The zero-order valence-corrected chi connectivity index (χ0v) is 13.3. The highest BCUT2D eigenvalue weighted by Crippen LogP contribution is 2.41. The summed E-state index contributed by atoms with van der Waals surface area (Å²) in [6, 6.07) is 10.3. The van der Waals surface area contributed by atoms with Crippen LogP contribution in [-0.2, 0) is 16.0 Å². The molecule has 0 spiro atoms. The molecule has 2 aromatic carbocycles. The molecule has 0 radical (unpaired) electrons. The van der Waals surface area contributed by atoms with Crippen LogP contribution in [0.4, 0.5) is 10.3 Å². The maximum atomic E-state index is 13.2. The van der Waals surface area contributed by atoms with E-state index in [0.29, 0.717) is 16.5 Å². The van der Waals surface area contributed by atoms with E-state index in [-0.39, 0.29) is 24.2 Å². The molecule has 0 fully saturated rings. The molecule has 0 atom stereocenters. The first-order valence-corrected chi connectivity index (χ1v) is 7.61. The SMILES string of the molecule is CCOC(=O)Cc1cccc2c(-c3ccc(F)cc3)c([N+](=O)[O-])oc12. The van der Waals surface area contributed by atoms with Crippen molar-refractivity contribution in [3.8, 4) is 11.1 Å². The van der Waals surface area contributed by atoms with Gasteiger partial charge in [-0.15, -0.1) is 0 Å². The molecule has 3 rings (SSSR count). The van der Waals surface area contributed by atoms with Gasteiger partial charge in [0.25, 0.3) is 0 Å².